The summed E-state index contributed by atoms with van der Waals surface area (Å²) in [5.41, 5.74) is 2.77. The fraction of sp³-hybridized carbons (Fsp3) is 0.440. The van der Waals surface area contributed by atoms with E-state index in [2.05, 4.69) is 0 Å². The van der Waals surface area contributed by atoms with Gasteiger partial charge in [0.2, 0.25) is 0 Å². The van der Waals surface area contributed by atoms with Gasteiger partial charge in [-0.2, -0.15) is 0 Å². The molecule has 0 unspecified atom stereocenters. The summed E-state index contributed by atoms with van der Waals surface area (Å²) < 4.78 is 22.1. The highest BCUT2D eigenvalue weighted by molar-refractivity contribution is 6.31. The lowest BCUT2D eigenvalue weighted by molar-refractivity contribution is -0.168. The van der Waals surface area contributed by atoms with E-state index in [1.165, 1.54) is 6.92 Å². The van der Waals surface area contributed by atoms with E-state index in [-0.39, 0.29) is 19.1 Å². The Labute approximate surface area is 197 Å². The number of aliphatic hydroxyl groups is 1. The Kier molecular flexibility index (Phi) is 7.65. The second-order valence-corrected chi connectivity index (χ2v) is 8.75. The summed E-state index contributed by atoms with van der Waals surface area (Å²) in [5, 5.41) is 10.8. The predicted molar refractivity (Wildman–Crippen MR) is 120 cm³/mol. The zero-order valence-electron chi connectivity index (χ0n) is 18.4. The first-order valence-corrected chi connectivity index (χ1v) is 11.4. The average molecular weight is 475 g/mol. The van der Waals surface area contributed by atoms with Gasteiger partial charge in [-0.05, 0) is 41.3 Å². The maximum absolute atomic E-state index is 12.2. The highest BCUT2D eigenvalue weighted by Crippen LogP contribution is 2.33. The second kappa shape index (κ2) is 10.7. The molecule has 0 spiro atoms. The molecule has 0 saturated carbocycles. The zero-order valence-corrected chi connectivity index (χ0v) is 19.1. The van der Waals surface area contributed by atoms with Gasteiger partial charge in [-0.25, -0.2) is 0 Å². The van der Waals surface area contributed by atoms with Gasteiger partial charge in [0.05, 0.1) is 19.3 Å². The number of carbonyl (C=O) groups is 2. The van der Waals surface area contributed by atoms with E-state index < -0.39 is 30.1 Å². The van der Waals surface area contributed by atoms with Crippen molar-refractivity contribution in [3.05, 3.63) is 64.2 Å². The van der Waals surface area contributed by atoms with Gasteiger partial charge in [-0.1, -0.05) is 35.9 Å². The molecule has 4 rings (SSSR count). The van der Waals surface area contributed by atoms with Gasteiger partial charge >= 0.3 is 5.97 Å². The minimum atomic E-state index is -1.18. The summed E-state index contributed by atoms with van der Waals surface area (Å²) in [6.07, 6.45) is -0.961. The lowest BCUT2D eigenvalue weighted by Crippen LogP contribution is -2.44. The number of aliphatic hydroxyl groups excluding tert-OH is 1. The Morgan fingerprint density at radius 3 is 2.70 bits per heavy atom. The van der Waals surface area contributed by atoms with E-state index in [1.54, 1.807) is 6.07 Å². The van der Waals surface area contributed by atoms with E-state index in [1.807, 2.05) is 36.4 Å². The number of halogens is 1. The van der Waals surface area contributed by atoms with Crippen LogP contribution in [0.5, 0.6) is 5.75 Å². The highest BCUT2D eigenvalue weighted by atomic mass is 35.5. The molecule has 2 saturated heterocycles. The van der Waals surface area contributed by atoms with Gasteiger partial charge in [-0.15, -0.1) is 0 Å². The van der Waals surface area contributed by atoms with Crippen LogP contribution in [-0.2, 0) is 30.2 Å². The van der Waals surface area contributed by atoms with Crippen LogP contribution in [0.4, 0.5) is 0 Å². The van der Waals surface area contributed by atoms with Crippen LogP contribution in [0.2, 0.25) is 5.02 Å². The molecule has 2 fully saturated rings. The van der Waals surface area contributed by atoms with Crippen LogP contribution in [0, 0.1) is 0 Å². The Morgan fingerprint density at radius 2 is 2.00 bits per heavy atom. The smallest absolute Gasteiger partial charge is 0.302 e. The van der Waals surface area contributed by atoms with Gasteiger partial charge in [-0.3, -0.25) is 9.59 Å². The molecular formula is C25H27ClO7. The van der Waals surface area contributed by atoms with E-state index in [4.69, 9.17) is 30.5 Å². The third-order valence-electron chi connectivity index (χ3n) is 5.80. The molecule has 2 heterocycles. The van der Waals surface area contributed by atoms with Crippen LogP contribution in [0.25, 0.3) is 0 Å². The minimum absolute atomic E-state index is 0.101. The predicted octanol–water partition coefficient (Wildman–Crippen LogP) is 3.42. The molecule has 0 aliphatic carbocycles. The first-order chi connectivity index (χ1) is 15.9. The molecular weight excluding hydrogens is 448 g/mol. The summed E-state index contributed by atoms with van der Waals surface area (Å²) >= 11 is 6.45. The van der Waals surface area contributed by atoms with Crippen LogP contribution < -0.4 is 4.74 Å². The molecule has 0 aromatic heterocycles. The van der Waals surface area contributed by atoms with Crippen LogP contribution in [0.3, 0.4) is 0 Å². The molecule has 176 valence electrons. The van der Waals surface area contributed by atoms with Crippen molar-refractivity contribution in [2.75, 3.05) is 19.8 Å². The van der Waals surface area contributed by atoms with Crippen molar-refractivity contribution in [2.45, 2.75) is 50.6 Å². The number of ketones is 1. The summed E-state index contributed by atoms with van der Waals surface area (Å²) in [6, 6.07) is 13.4. The van der Waals surface area contributed by atoms with Crippen LogP contribution in [-0.4, -0.2) is 55.0 Å². The molecule has 0 radical (unpaired) electrons. The van der Waals surface area contributed by atoms with Gasteiger partial charge in [0.1, 0.15) is 24.6 Å². The number of hydrogen-bond acceptors (Lipinski definition) is 7. The summed E-state index contributed by atoms with van der Waals surface area (Å²) in [4.78, 5) is 23.3. The number of hydrogen-bond donors (Lipinski definition) is 1. The zero-order chi connectivity index (χ0) is 23.4. The molecule has 4 atom stereocenters. The number of Topliss-reactive ketones (excluding diaryl/α,β-unsaturated/α-hetero) is 1. The second-order valence-electron chi connectivity index (χ2n) is 8.34. The first kappa shape index (κ1) is 23.7. The van der Waals surface area contributed by atoms with E-state index in [0.29, 0.717) is 18.1 Å². The van der Waals surface area contributed by atoms with Crippen LogP contribution in [0.1, 0.15) is 42.6 Å². The summed E-state index contributed by atoms with van der Waals surface area (Å²) in [7, 11) is 0. The van der Waals surface area contributed by atoms with Crippen molar-refractivity contribution in [3.8, 4) is 5.75 Å². The van der Waals surface area contributed by atoms with E-state index in [0.717, 1.165) is 35.5 Å². The van der Waals surface area contributed by atoms with E-state index in [9.17, 15) is 14.7 Å². The molecule has 2 aliphatic heterocycles. The molecule has 2 aliphatic rings. The Morgan fingerprint density at radius 1 is 1.21 bits per heavy atom. The van der Waals surface area contributed by atoms with Crippen molar-refractivity contribution >= 4 is 23.4 Å². The third kappa shape index (κ3) is 6.12. The molecule has 0 amide bonds. The molecule has 2 aromatic carbocycles. The number of esters is 1. The van der Waals surface area contributed by atoms with Gasteiger partial charge < -0.3 is 24.1 Å². The van der Waals surface area contributed by atoms with E-state index >= 15 is 0 Å². The molecule has 0 bridgehead atoms. The number of rotatable bonds is 7. The Balaban J connectivity index is 1.44. The third-order valence-corrected chi connectivity index (χ3v) is 6.17. The van der Waals surface area contributed by atoms with Crippen molar-refractivity contribution in [3.63, 3.8) is 0 Å². The SMILES string of the molecule is CC(=O)OC[C@H]1O[C@@H](c2ccc(Cl)c(Cc3ccc(O[C@H]4CCOC4)cc3)c2)C[C@@H](O)C1=O. The fourth-order valence-electron chi connectivity index (χ4n) is 4.02. The molecule has 8 heteroatoms. The largest absolute Gasteiger partial charge is 0.488 e. The molecule has 2 aromatic rings. The lowest BCUT2D eigenvalue weighted by atomic mass is 9.93. The summed E-state index contributed by atoms with van der Waals surface area (Å²) in [6.45, 7) is 2.39. The molecule has 7 nitrogen and oxygen atoms in total. The average Bonchev–Trinajstić information content (AvgIpc) is 3.30. The normalized spacial score (nSPS) is 25.1. The van der Waals surface area contributed by atoms with Crippen LogP contribution >= 0.6 is 11.6 Å². The maximum atomic E-state index is 12.2. The lowest BCUT2D eigenvalue weighted by Gasteiger charge is -2.32. The quantitative estimate of drug-likeness (QED) is 0.615. The molecule has 1 N–H and O–H groups in total. The summed E-state index contributed by atoms with van der Waals surface area (Å²) in [5.74, 6) is -0.180. The number of ether oxygens (including phenoxy) is 4. The van der Waals surface area contributed by atoms with Crippen molar-refractivity contribution in [2.24, 2.45) is 0 Å². The van der Waals surface area contributed by atoms with Crippen LogP contribution in [0.15, 0.2) is 42.5 Å². The monoisotopic (exact) mass is 474 g/mol. The molecule has 33 heavy (non-hydrogen) atoms. The first-order valence-electron chi connectivity index (χ1n) is 11.0. The Bertz CT molecular complexity index is 985. The Hall–Kier alpha value is -2.45. The number of carbonyl (C=O) groups excluding carboxylic acids is 2. The van der Waals surface area contributed by atoms with Gasteiger partial charge in [0.25, 0.3) is 0 Å². The van der Waals surface area contributed by atoms with Gasteiger partial charge in [0.15, 0.2) is 11.9 Å². The van der Waals surface area contributed by atoms with Gasteiger partial charge in [0, 0.05) is 24.8 Å². The van der Waals surface area contributed by atoms with Crippen molar-refractivity contribution in [1.29, 1.82) is 0 Å². The maximum Gasteiger partial charge on any atom is 0.302 e. The fourth-order valence-corrected chi connectivity index (χ4v) is 4.20. The minimum Gasteiger partial charge on any atom is -0.488 e. The topological polar surface area (TPSA) is 91.3 Å². The van der Waals surface area contributed by atoms with Crippen molar-refractivity contribution in [1.82, 2.24) is 0 Å². The standard InChI is InChI=1S/C25H27ClO7/c1-15(27)31-14-24-25(29)22(28)12-23(33-24)17-4-7-21(26)18(11-17)10-16-2-5-19(6-3-16)32-20-8-9-30-13-20/h2-7,11,20,22-24,28H,8-10,12-14H2,1H3/t20-,22+,23+,24+/m0/s1. The van der Waals surface area contributed by atoms with Crippen molar-refractivity contribution < 1.29 is 33.6 Å². The highest BCUT2D eigenvalue weighted by Gasteiger charge is 2.37. The number of benzene rings is 2.